The van der Waals surface area contributed by atoms with Gasteiger partial charge in [0.1, 0.15) is 24.0 Å². The SMILES string of the molecule is COc1cc(S(N)(=O)=O)ccc1NCC#Cc1cc(C(=O)N[C@@H]2[C@@H](C)CN(CCC(F)F)C[C@@H]2F)c2ncn(CC(F)(F)F)c2c1. The number of rotatable bonds is 10. The zero-order valence-corrected chi connectivity index (χ0v) is 25.6. The molecule has 1 saturated heterocycles. The molecule has 250 valence electrons. The van der Waals surface area contributed by atoms with Gasteiger partial charge in [0.25, 0.3) is 5.91 Å². The highest BCUT2D eigenvalue weighted by molar-refractivity contribution is 7.89. The molecule has 1 aliphatic rings. The summed E-state index contributed by atoms with van der Waals surface area (Å²) in [5.41, 5.74) is 0.386. The first-order valence-electron chi connectivity index (χ1n) is 14.0. The molecule has 4 N–H and O–H groups in total. The molecule has 2 heterocycles. The summed E-state index contributed by atoms with van der Waals surface area (Å²) in [7, 11) is -2.64. The molecule has 3 atom stereocenters. The van der Waals surface area contributed by atoms with E-state index in [2.05, 4.69) is 27.5 Å². The van der Waals surface area contributed by atoms with Crippen LogP contribution in [0.2, 0.25) is 0 Å². The number of nitrogens with one attached hydrogen (secondary N) is 2. The van der Waals surface area contributed by atoms with E-state index >= 15 is 4.39 Å². The number of hydrogen-bond acceptors (Lipinski definition) is 7. The highest BCUT2D eigenvalue weighted by Gasteiger charge is 2.36. The molecule has 0 aliphatic carbocycles. The van der Waals surface area contributed by atoms with Crippen LogP contribution in [0, 0.1) is 17.8 Å². The second-order valence-electron chi connectivity index (χ2n) is 10.9. The Balaban J connectivity index is 1.58. The Labute approximate surface area is 261 Å². The van der Waals surface area contributed by atoms with E-state index in [0.717, 1.165) is 10.9 Å². The Morgan fingerprint density at radius 2 is 1.96 bits per heavy atom. The minimum absolute atomic E-state index is 0.00360. The predicted octanol–water partition coefficient (Wildman–Crippen LogP) is 3.76. The van der Waals surface area contributed by atoms with Gasteiger partial charge in [-0.1, -0.05) is 18.8 Å². The molecule has 17 heteroatoms. The quantitative estimate of drug-likeness (QED) is 0.221. The van der Waals surface area contributed by atoms with Crippen LogP contribution in [0.4, 0.5) is 32.0 Å². The van der Waals surface area contributed by atoms with Crippen molar-refractivity contribution in [3.63, 3.8) is 0 Å². The summed E-state index contributed by atoms with van der Waals surface area (Å²) < 4.78 is 110. The van der Waals surface area contributed by atoms with E-state index < -0.39 is 59.6 Å². The molecule has 0 saturated carbocycles. The number of nitrogens with two attached hydrogens (primary N) is 1. The summed E-state index contributed by atoms with van der Waals surface area (Å²) in [6.45, 7) is 0.388. The Hall–Kier alpha value is -4.01. The molecular weight excluding hydrogens is 642 g/mol. The second-order valence-corrected chi connectivity index (χ2v) is 12.4. The van der Waals surface area contributed by atoms with Crippen molar-refractivity contribution in [1.82, 2.24) is 19.8 Å². The average Bonchev–Trinajstić information content (AvgIpc) is 3.35. The Kier molecular flexibility index (Phi) is 10.7. The maximum absolute atomic E-state index is 15.1. The third-order valence-electron chi connectivity index (χ3n) is 7.36. The van der Waals surface area contributed by atoms with E-state index in [9.17, 15) is 35.2 Å². The minimum atomic E-state index is -4.59. The first kappa shape index (κ1) is 34.9. The Bertz CT molecular complexity index is 1730. The van der Waals surface area contributed by atoms with Gasteiger partial charge in [0, 0.05) is 37.7 Å². The number of likely N-dealkylation sites (tertiary alicyclic amines) is 1. The monoisotopic (exact) mass is 674 g/mol. The van der Waals surface area contributed by atoms with E-state index in [1.165, 1.54) is 37.4 Å². The number of aromatic nitrogens is 2. The highest BCUT2D eigenvalue weighted by atomic mass is 32.2. The third kappa shape index (κ3) is 8.83. The zero-order valence-electron chi connectivity index (χ0n) is 24.7. The average molecular weight is 675 g/mol. The van der Waals surface area contributed by atoms with Crippen LogP contribution in [-0.4, -0.2) is 86.9 Å². The molecule has 3 aromatic rings. The highest BCUT2D eigenvalue weighted by Crippen LogP contribution is 2.28. The van der Waals surface area contributed by atoms with Crippen molar-refractivity contribution in [3.8, 4) is 17.6 Å². The number of carbonyl (C=O) groups excluding carboxylic acids is 1. The molecule has 0 bridgehead atoms. The molecule has 1 aliphatic heterocycles. The number of primary sulfonamides is 1. The summed E-state index contributed by atoms with van der Waals surface area (Å²) >= 11 is 0. The van der Waals surface area contributed by atoms with Gasteiger partial charge < -0.3 is 19.9 Å². The standard InChI is InChI=1S/C29H32F6N6O4S/c1-17-13-40(9-7-25(31)32)14-21(30)26(17)39-28(42)20-10-18(11-23-27(20)38-16-41(23)15-29(33,34)35)4-3-8-37-22-6-5-19(46(36,43)44)12-24(22)45-2/h5-6,10-12,16-17,21,25-26,37H,7-9,13-15H2,1-2H3,(H,39,42)(H2,36,43,44)/t17-,21-,26+/m0/s1. The lowest BCUT2D eigenvalue weighted by atomic mass is 9.91. The van der Waals surface area contributed by atoms with Gasteiger partial charge in [-0.25, -0.2) is 31.7 Å². The second kappa shape index (κ2) is 14.2. The lowest BCUT2D eigenvalue weighted by Gasteiger charge is -2.39. The number of ether oxygens (including phenoxy) is 1. The van der Waals surface area contributed by atoms with Crippen molar-refractivity contribution in [3.05, 3.63) is 47.8 Å². The summed E-state index contributed by atoms with van der Waals surface area (Å²) in [6, 6.07) is 5.63. The predicted molar refractivity (Wildman–Crippen MR) is 158 cm³/mol. The number of benzene rings is 2. The van der Waals surface area contributed by atoms with Crippen LogP contribution < -0.4 is 20.5 Å². The van der Waals surface area contributed by atoms with Gasteiger partial charge in [-0.3, -0.25) is 9.69 Å². The molecule has 0 spiro atoms. The van der Waals surface area contributed by atoms with Gasteiger partial charge in [0.05, 0.1) is 47.7 Å². The lowest BCUT2D eigenvalue weighted by molar-refractivity contribution is -0.140. The fourth-order valence-electron chi connectivity index (χ4n) is 5.24. The largest absolute Gasteiger partial charge is 0.495 e. The van der Waals surface area contributed by atoms with Gasteiger partial charge in [0.15, 0.2) is 0 Å². The van der Waals surface area contributed by atoms with E-state index in [4.69, 9.17) is 9.88 Å². The fourth-order valence-corrected chi connectivity index (χ4v) is 5.77. The molecule has 4 rings (SSSR count). The van der Waals surface area contributed by atoms with Gasteiger partial charge in [-0.2, -0.15) is 13.2 Å². The van der Waals surface area contributed by atoms with Crippen molar-refractivity contribution in [2.75, 3.05) is 38.6 Å². The van der Waals surface area contributed by atoms with Gasteiger partial charge >= 0.3 is 6.18 Å². The van der Waals surface area contributed by atoms with E-state index in [0.29, 0.717) is 5.69 Å². The van der Waals surface area contributed by atoms with Crippen molar-refractivity contribution < 1.29 is 44.3 Å². The summed E-state index contributed by atoms with van der Waals surface area (Å²) in [5.74, 6) is 4.53. The molecule has 10 nitrogen and oxygen atoms in total. The molecule has 46 heavy (non-hydrogen) atoms. The number of sulfonamides is 1. The first-order chi connectivity index (χ1) is 21.6. The number of imidazole rings is 1. The molecule has 1 fully saturated rings. The smallest absolute Gasteiger partial charge is 0.406 e. The lowest BCUT2D eigenvalue weighted by Crippen LogP contribution is -2.57. The number of halogens is 6. The molecule has 0 unspecified atom stereocenters. The molecule has 0 radical (unpaired) electrons. The summed E-state index contributed by atoms with van der Waals surface area (Å²) in [4.78, 5) is 18.9. The van der Waals surface area contributed by atoms with Gasteiger partial charge in [-0.15, -0.1) is 0 Å². The molecule has 1 amide bonds. The van der Waals surface area contributed by atoms with E-state index in [-0.39, 0.29) is 59.0 Å². The van der Waals surface area contributed by atoms with Gasteiger partial charge in [0.2, 0.25) is 16.4 Å². The molecular formula is C29H32F6N6O4S. The minimum Gasteiger partial charge on any atom is -0.495 e. The Morgan fingerprint density at radius 3 is 2.59 bits per heavy atom. The van der Waals surface area contributed by atoms with Crippen molar-refractivity contribution in [2.45, 2.75) is 49.6 Å². The molecule has 2 aromatic carbocycles. The summed E-state index contributed by atoms with van der Waals surface area (Å²) in [6.07, 6.45) is -8.14. The molecule has 1 aromatic heterocycles. The van der Waals surface area contributed by atoms with Crippen LogP contribution in [0.1, 0.15) is 29.3 Å². The summed E-state index contributed by atoms with van der Waals surface area (Å²) in [5, 5.41) is 10.7. The number of methoxy groups -OCH3 is 1. The fraction of sp³-hybridized carbons (Fsp3) is 0.448. The zero-order chi connectivity index (χ0) is 33.8. The maximum atomic E-state index is 15.1. The number of hydrogen-bond donors (Lipinski definition) is 3. The van der Waals surface area contributed by atoms with E-state index in [1.54, 1.807) is 11.8 Å². The topological polar surface area (TPSA) is 132 Å². The maximum Gasteiger partial charge on any atom is 0.406 e. The van der Waals surface area contributed by atoms with Crippen molar-refractivity contribution in [1.29, 1.82) is 0 Å². The normalized spacial score (nSPS) is 19.1. The number of anilines is 1. The van der Waals surface area contributed by atoms with Gasteiger partial charge in [-0.05, 0) is 30.2 Å². The van der Waals surface area contributed by atoms with Crippen molar-refractivity contribution in [2.24, 2.45) is 11.1 Å². The van der Waals surface area contributed by atoms with Crippen LogP contribution >= 0.6 is 0 Å². The number of piperidine rings is 1. The Morgan fingerprint density at radius 1 is 1.22 bits per heavy atom. The number of carbonyl (C=O) groups is 1. The number of nitrogens with zero attached hydrogens (tertiary/aromatic N) is 3. The van der Waals surface area contributed by atoms with Crippen LogP contribution in [0.15, 0.2) is 41.6 Å². The first-order valence-corrected chi connectivity index (χ1v) is 15.5. The number of alkyl halides is 6. The van der Waals surface area contributed by atoms with Crippen LogP contribution in [0.3, 0.4) is 0 Å². The number of amides is 1. The third-order valence-corrected chi connectivity index (χ3v) is 8.28. The van der Waals surface area contributed by atoms with Crippen LogP contribution in [-0.2, 0) is 16.6 Å². The number of fused-ring (bicyclic) bond motifs is 1. The van der Waals surface area contributed by atoms with Crippen molar-refractivity contribution >= 4 is 32.7 Å². The van der Waals surface area contributed by atoms with E-state index in [1.807, 2.05) is 0 Å². The van der Waals surface area contributed by atoms with Crippen LogP contribution in [0.25, 0.3) is 11.0 Å². The van der Waals surface area contributed by atoms with Crippen LogP contribution in [0.5, 0.6) is 5.75 Å².